The van der Waals surface area contributed by atoms with Crippen LogP contribution in [-0.4, -0.2) is 29.5 Å². The molecule has 2 heterocycles. The van der Waals surface area contributed by atoms with E-state index in [1.165, 1.54) is 0 Å². The molecule has 1 aromatic heterocycles. The molecule has 0 saturated heterocycles. The van der Waals surface area contributed by atoms with E-state index in [4.69, 9.17) is 14.5 Å². The van der Waals surface area contributed by atoms with E-state index in [1.54, 1.807) is 13.3 Å². The molecule has 2 atom stereocenters. The zero-order chi connectivity index (χ0) is 28.4. The second kappa shape index (κ2) is 11.1. The molecule has 7 heteroatoms. The summed E-state index contributed by atoms with van der Waals surface area (Å²) in [6, 6.07) is 19.3. The number of nitrogens with zero attached hydrogens (tertiary/aromatic N) is 2. The minimum Gasteiger partial charge on any atom is -0.493 e. The van der Waals surface area contributed by atoms with Gasteiger partial charge in [0.15, 0.2) is 17.3 Å². The largest absolute Gasteiger partial charge is 0.493 e. The molecule has 5 rings (SSSR count). The average molecular weight is 538 g/mol. The smallest absolute Gasteiger partial charge is 0.235 e. The van der Waals surface area contributed by atoms with Crippen molar-refractivity contribution in [1.82, 2.24) is 4.98 Å². The van der Waals surface area contributed by atoms with Crippen LogP contribution in [0.4, 0.5) is 5.82 Å². The lowest BCUT2D eigenvalue weighted by Gasteiger charge is -2.39. The minimum absolute atomic E-state index is 0.0300. The lowest BCUT2D eigenvalue weighted by Crippen LogP contribution is -2.41. The van der Waals surface area contributed by atoms with E-state index >= 15 is 0 Å². The maximum atomic E-state index is 13.8. The zero-order valence-corrected chi connectivity index (χ0v) is 23.7. The number of ketones is 1. The number of aromatic nitrogens is 1. The molecule has 1 N–H and O–H groups in total. The van der Waals surface area contributed by atoms with Crippen LogP contribution < -0.4 is 14.8 Å². The van der Waals surface area contributed by atoms with Gasteiger partial charge in [0.1, 0.15) is 12.4 Å². The first kappa shape index (κ1) is 27.3. The van der Waals surface area contributed by atoms with E-state index in [9.17, 15) is 9.59 Å². The fourth-order valence-corrected chi connectivity index (χ4v) is 5.69. The van der Waals surface area contributed by atoms with Gasteiger partial charge in [0.05, 0.1) is 13.0 Å². The van der Waals surface area contributed by atoms with Crippen molar-refractivity contribution in [1.29, 1.82) is 0 Å². The Morgan fingerprint density at radius 2 is 1.80 bits per heavy atom. The third-order valence-corrected chi connectivity index (χ3v) is 7.54. The molecule has 0 spiro atoms. The molecule has 7 nitrogen and oxygen atoms in total. The van der Waals surface area contributed by atoms with Gasteiger partial charge in [-0.15, -0.1) is 0 Å². The maximum absolute atomic E-state index is 13.8. The SMILES string of the molecule is COc1cc([C@@H]2C3=C(CC(C)(C)CC3=O)N=C(C)C2C(=O)Nc2cc(C)ccn2)ccc1OCc1ccccc1. The molecule has 2 aliphatic rings. The normalized spacial score (nSPS) is 19.9. The number of carbonyl (C=O) groups is 2. The Morgan fingerprint density at radius 3 is 2.52 bits per heavy atom. The van der Waals surface area contributed by atoms with Crippen LogP contribution in [0.3, 0.4) is 0 Å². The molecular formula is C33H35N3O4. The van der Waals surface area contributed by atoms with Gasteiger partial charge in [-0.05, 0) is 66.6 Å². The van der Waals surface area contributed by atoms with Crippen LogP contribution in [0, 0.1) is 18.3 Å². The Kier molecular flexibility index (Phi) is 7.57. The first-order valence-electron chi connectivity index (χ1n) is 13.5. The summed E-state index contributed by atoms with van der Waals surface area (Å²) >= 11 is 0. The third-order valence-electron chi connectivity index (χ3n) is 7.54. The number of hydrogen-bond donors (Lipinski definition) is 1. The van der Waals surface area contributed by atoms with Gasteiger partial charge in [-0.2, -0.15) is 0 Å². The summed E-state index contributed by atoms with van der Waals surface area (Å²) in [5, 5.41) is 2.97. The predicted molar refractivity (Wildman–Crippen MR) is 156 cm³/mol. The number of pyridine rings is 1. The minimum atomic E-state index is -0.688. The van der Waals surface area contributed by atoms with Crippen molar-refractivity contribution < 1.29 is 19.1 Å². The molecule has 1 aliphatic carbocycles. The number of aryl methyl sites for hydroxylation is 1. The summed E-state index contributed by atoms with van der Waals surface area (Å²) in [7, 11) is 1.59. The highest BCUT2D eigenvalue weighted by Crippen LogP contribution is 2.49. The first-order valence-corrected chi connectivity index (χ1v) is 13.5. The van der Waals surface area contributed by atoms with Gasteiger partial charge in [0, 0.05) is 35.5 Å². The highest BCUT2D eigenvalue weighted by Gasteiger charge is 2.45. The topological polar surface area (TPSA) is 89.9 Å². The number of anilines is 1. The number of Topliss-reactive ketones (excluding diaryl/α,β-unsaturated/α-hetero) is 1. The molecule has 0 bridgehead atoms. The number of carbonyl (C=O) groups excluding carboxylic acids is 2. The van der Waals surface area contributed by atoms with Crippen LogP contribution in [0.1, 0.15) is 56.2 Å². The maximum Gasteiger partial charge on any atom is 0.235 e. The van der Waals surface area contributed by atoms with Crippen LogP contribution in [0.25, 0.3) is 0 Å². The van der Waals surface area contributed by atoms with E-state index in [0.29, 0.717) is 48.1 Å². The molecule has 0 radical (unpaired) electrons. The summed E-state index contributed by atoms with van der Waals surface area (Å²) < 4.78 is 11.8. The quantitative estimate of drug-likeness (QED) is 0.375. The molecular weight excluding hydrogens is 502 g/mol. The number of allylic oxidation sites excluding steroid dienone is 2. The second-order valence-corrected chi connectivity index (χ2v) is 11.4. The fourth-order valence-electron chi connectivity index (χ4n) is 5.69. The van der Waals surface area contributed by atoms with Crippen molar-refractivity contribution in [3.63, 3.8) is 0 Å². The van der Waals surface area contributed by atoms with E-state index in [1.807, 2.05) is 74.5 Å². The molecule has 206 valence electrons. The van der Waals surface area contributed by atoms with Crippen molar-refractivity contribution in [2.24, 2.45) is 16.3 Å². The molecule has 3 aromatic rings. The van der Waals surface area contributed by atoms with Gasteiger partial charge in [-0.25, -0.2) is 4.98 Å². The van der Waals surface area contributed by atoms with Crippen molar-refractivity contribution >= 4 is 23.2 Å². The molecule has 1 aliphatic heterocycles. The number of hydrogen-bond acceptors (Lipinski definition) is 6. The fraction of sp³-hybridized carbons (Fsp3) is 0.333. The number of ether oxygens (including phenoxy) is 2. The van der Waals surface area contributed by atoms with Gasteiger partial charge in [-0.3, -0.25) is 14.6 Å². The van der Waals surface area contributed by atoms with Gasteiger partial charge in [0.25, 0.3) is 0 Å². The molecule has 0 fully saturated rings. The summed E-state index contributed by atoms with van der Waals surface area (Å²) in [5.74, 6) is 0.171. The number of nitrogens with one attached hydrogen (secondary N) is 1. The Morgan fingerprint density at radius 1 is 1.02 bits per heavy atom. The van der Waals surface area contributed by atoms with Gasteiger partial charge in [0.2, 0.25) is 5.91 Å². The van der Waals surface area contributed by atoms with Gasteiger partial charge >= 0.3 is 0 Å². The number of rotatable bonds is 7. The first-order chi connectivity index (χ1) is 19.1. The molecule has 0 saturated carbocycles. The Labute approximate surface area is 235 Å². The van der Waals surface area contributed by atoms with E-state index in [-0.39, 0.29) is 17.1 Å². The van der Waals surface area contributed by atoms with Crippen LogP contribution in [0.2, 0.25) is 0 Å². The van der Waals surface area contributed by atoms with E-state index in [0.717, 1.165) is 22.4 Å². The van der Waals surface area contributed by atoms with Gasteiger partial charge < -0.3 is 14.8 Å². The lowest BCUT2D eigenvalue weighted by atomic mass is 9.66. The van der Waals surface area contributed by atoms with Crippen LogP contribution in [0.5, 0.6) is 11.5 Å². The second-order valence-electron chi connectivity index (χ2n) is 11.4. The molecule has 1 unspecified atom stereocenters. The number of amides is 1. The monoisotopic (exact) mass is 537 g/mol. The Balaban J connectivity index is 1.54. The molecule has 2 aromatic carbocycles. The molecule has 40 heavy (non-hydrogen) atoms. The molecule has 1 amide bonds. The summed E-state index contributed by atoms with van der Waals surface area (Å²) in [6.45, 7) is 8.37. The number of methoxy groups -OCH3 is 1. The number of benzene rings is 2. The van der Waals surface area contributed by atoms with Crippen molar-refractivity contribution in [2.75, 3.05) is 12.4 Å². The van der Waals surface area contributed by atoms with Gasteiger partial charge in [-0.1, -0.05) is 50.2 Å². The highest BCUT2D eigenvalue weighted by atomic mass is 16.5. The van der Waals surface area contributed by atoms with E-state index in [2.05, 4.69) is 24.1 Å². The lowest BCUT2D eigenvalue weighted by molar-refractivity contribution is -0.119. The summed E-state index contributed by atoms with van der Waals surface area (Å²) in [6.07, 6.45) is 2.74. The number of aliphatic imine (C=N–C) groups is 1. The Bertz CT molecular complexity index is 1510. The summed E-state index contributed by atoms with van der Waals surface area (Å²) in [5.41, 5.74) is 4.68. The average Bonchev–Trinajstić information content (AvgIpc) is 2.90. The highest BCUT2D eigenvalue weighted by molar-refractivity contribution is 6.13. The standard InChI is InChI=1S/C33H35N3O4/c1-20-13-14-34-28(15-20)36-32(38)29-21(2)35-24-17-33(3,4)18-25(37)31(24)30(29)23-11-12-26(27(16-23)39-5)40-19-22-9-7-6-8-10-22/h6-16,29-30H,17-19H2,1-5H3,(H,34,36,38)/t29?,30-/m0/s1. The third kappa shape index (κ3) is 5.69. The van der Waals surface area contributed by atoms with Crippen molar-refractivity contribution in [3.8, 4) is 11.5 Å². The van der Waals surface area contributed by atoms with Crippen LogP contribution in [0.15, 0.2) is 83.1 Å². The predicted octanol–water partition coefficient (Wildman–Crippen LogP) is 6.43. The Hall–Kier alpha value is -4.26. The van der Waals surface area contributed by atoms with Crippen molar-refractivity contribution in [3.05, 3.63) is 94.8 Å². The van der Waals surface area contributed by atoms with Crippen LogP contribution in [-0.2, 0) is 16.2 Å². The zero-order valence-electron chi connectivity index (χ0n) is 23.7. The van der Waals surface area contributed by atoms with E-state index < -0.39 is 11.8 Å². The summed E-state index contributed by atoms with van der Waals surface area (Å²) in [4.78, 5) is 36.7. The van der Waals surface area contributed by atoms with Crippen molar-refractivity contribution in [2.45, 2.75) is 53.1 Å². The van der Waals surface area contributed by atoms with Crippen LogP contribution >= 0.6 is 0 Å².